The van der Waals surface area contributed by atoms with E-state index in [2.05, 4.69) is 26.1 Å². The summed E-state index contributed by atoms with van der Waals surface area (Å²) in [6, 6.07) is 6.50. The van der Waals surface area contributed by atoms with Crippen molar-refractivity contribution in [3.8, 4) is 0 Å². The van der Waals surface area contributed by atoms with E-state index in [1.807, 2.05) is 4.57 Å². The monoisotopic (exact) mass is 372 g/mol. The van der Waals surface area contributed by atoms with Gasteiger partial charge in [-0.15, -0.1) is 10.2 Å². The molecule has 0 spiro atoms. The lowest BCUT2D eigenvalue weighted by Gasteiger charge is -2.11. The van der Waals surface area contributed by atoms with Crippen molar-refractivity contribution in [3.05, 3.63) is 42.5 Å². The highest BCUT2D eigenvalue weighted by Crippen LogP contribution is 2.12. The topological polar surface area (TPSA) is 110 Å². The zero-order valence-corrected chi connectivity index (χ0v) is 15.1. The van der Waals surface area contributed by atoms with Crippen LogP contribution in [0.25, 0.3) is 0 Å². The predicted molar refractivity (Wildman–Crippen MR) is 99.4 cm³/mol. The number of carbonyl (C=O) groups is 2. The maximum atomic E-state index is 12.1. The molecule has 9 nitrogen and oxygen atoms in total. The molecule has 1 aliphatic rings. The number of hydrogen-bond donors (Lipinski definition) is 3. The number of aryl methyl sites for hydroxylation is 1. The second kappa shape index (κ2) is 9.67. The van der Waals surface area contributed by atoms with Crippen LogP contribution < -0.4 is 16.0 Å². The van der Waals surface area contributed by atoms with Crippen molar-refractivity contribution in [2.24, 2.45) is 0 Å². The molecule has 1 aromatic heterocycles. The van der Waals surface area contributed by atoms with Gasteiger partial charge in [0, 0.05) is 37.5 Å². The molecule has 3 amide bonds. The van der Waals surface area contributed by atoms with Gasteiger partial charge < -0.3 is 25.3 Å². The molecule has 144 valence electrons. The maximum absolute atomic E-state index is 12.1. The van der Waals surface area contributed by atoms with Crippen LogP contribution in [0.2, 0.25) is 0 Å². The minimum atomic E-state index is -0.283. The lowest BCUT2D eigenvalue weighted by Crippen LogP contribution is -2.32. The number of ether oxygens (including phenoxy) is 1. The van der Waals surface area contributed by atoms with E-state index < -0.39 is 0 Å². The van der Waals surface area contributed by atoms with E-state index in [-0.39, 0.29) is 18.0 Å². The quantitative estimate of drug-likeness (QED) is 0.607. The molecule has 0 bridgehead atoms. The first-order valence-electron chi connectivity index (χ1n) is 9.08. The number of hydrogen-bond acceptors (Lipinski definition) is 5. The highest BCUT2D eigenvalue weighted by Gasteiger charge is 2.16. The molecule has 0 radical (unpaired) electrons. The summed E-state index contributed by atoms with van der Waals surface area (Å²) in [7, 11) is 0. The van der Waals surface area contributed by atoms with Gasteiger partial charge in [0.1, 0.15) is 12.7 Å². The average Bonchev–Trinajstić information content (AvgIpc) is 3.38. The second-order valence-electron chi connectivity index (χ2n) is 6.36. The summed E-state index contributed by atoms with van der Waals surface area (Å²) in [5.41, 5.74) is 1.18. The molecule has 1 aromatic carbocycles. The van der Waals surface area contributed by atoms with Gasteiger partial charge in [0.05, 0.1) is 6.10 Å². The van der Waals surface area contributed by atoms with Gasteiger partial charge in [0.2, 0.25) is 0 Å². The molecule has 0 aliphatic carbocycles. The van der Waals surface area contributed by atoms with Crippen LogP contribution in [0.4, 0.5) is 10.5 Å². The lowest BCUT2D eigenvalue weighted by atomic mass is 10.2. The zero-order valence-electron chi connectivity index (χ0n) is 15.1. The normalized spacial score (nSPS) is 16.1. The summed E-state index contributed by atoms with van der Waals surface area (Å²) in [4.78, 5) is 24.0. The number of nitrogens with one attached hydrogen (secondary N) is 3. The van der Waals surface area contributed by atoms with Crippen LogP contribution in [-0.4, -0.2) is 52.5 Å². The largest absolute Gasteiger partial charge is 0.376 e. The van der Waals surface area contributed by atoms with Crippen LogP contribution in [0.5, 0.6) is 0 Å². The molecule has 2 aromatic rings. The number of nitrogens with zero attached hydrogens (tertiary/aromatic N) is 3. The third-order valence-corrected chi connectivity index (χ3v) is 4.26. The zero-order chi connectivity index (χ0) is 18.9. The van der Waals surface area contributed by atoms with Crippen molar-refractivity contribution < 1.29 is 14.3 Å². The fraction of sp³-hybridized carbons (Fsp3) is 0.444. The molecule has 1 fully saturated rings. The summed E-state index contributed by atoms with van der Waals surface area (Å²) in [6.07, 6.45) is 6.19. The maximum Gasteiger partial charge on any atom is 0.319 e. The molecule has 9 heteroatoms. The molecular weight excluding hydrogens is 348 g/mol. The van der Waals surface area contributed by atoms with Crippen molar-refractivity contribution in [3.63, 3.8) is 0 Å². The van der Waals surface area contributed by atoms with Gasteiger partial charge in [-0.2, -0.15) is 0 Å². The SMILES string of the molecule is O=C(NCCCn1cnnc1)Nc1ccc(C(=O)NC[C@H]2CCCO2)cc1. The first kappa shape index (κ1) is 18.8. The number of urea groups is 1. The van der Waals surface area contributed by atoms with Crippen LogP contribution in [0, 0.1) is 0 Å². The number of anilines is 1. The molecule has 1 atom stereocenters. The molecule has 2 heterocycles. The minimum Gasteiger partial charge on any atom is -0.376 e. The van der Waals surface area contributed by atoms with Crippen molar-refractivity contribution in [1.82, 2.24) is 25.4 Å². The number of amides is 3. The molecule has 0 saturated carbocycles. The van der Waals surface area contributed by atoms with E-state index >= 15 is 0 Å². The van der Waals surface area contributed by atoms with E-state index in [1.54, 1.807) is 36.9 Å². The summed E-state index contributed by atoms with van der Waals surface area (Å²) < 4.78 is 7.34. The first-order chi connectivity index (χ1) is 13.2. The molecule has 0 unspecified atom stereocenters. The Labute approximate surface area is 157 Å². The number of rotatable bonds is 8. The van der Waals surface area contributed by atoms with Crippen molar-refractivity contribution in [2.75, 3.05) is 25.0 Å². The Hall–Kier alpha value is -2.94. The molecular formula is C18H24N6O3. The van der Waals surface area contributed by atoms with Gasteiger partial charge in [-0.25, -0.2) is 4.79 Å². The predicted octanol–water partition coefficient (Wildman–Crippen LogP) is 1.40. The van der Waals surface area contributed by atoms with E-state index in [9.17, 15) is 9.59 Å². The van der Waals surface area contributed by atoms with Crippen LogP contribution in [-0.2, 0) is 11.3 Å². The summed E-state index contributed by atoms with van der Waals surface area (Å²) in [5.74, 6) is -0.143. The Balaban J connectivity index is 1.36. The standard InChI is InChI=1S/C18H24N6O3/c25-17(20-11-16-3-1-10-27-16)14-4-6-15(7-5-14)23-18(26)19-8-2-9-24-12-21-22-13-24/h4-7,12-13,16H,1-3,8-11H2,(H,20,25)(H2,19,23,26)/t16-/m1/s1. The third kappa shape index (κ3) is 6.07. The van der Waals surface area contributed by atoms with Crippen LogP contribution in [0.3, 0.4) is 0 Å². The summed E-state index contributed by atoms with van der Waals surface area (Å²) >= 11 is 0. The molecule has 1 aliphatic heterocycles. The van der Waals surface area contributed by atoms with Crippen molar-refractivity contribution in [2.45, 2.75) is 31.9 Å². The molecule has 3 rings (SSSR count). The van der Waals surface area contributed by atoms with Crippen LogP contribution in [0.15, 0.2) is 36.9 Å². The first-order valence-corrected chi connectivity index (χ1v) is 9.08. The average molecular weight is 372 g/mol. The minimum absolute atomic E-state index is 0.114. The fourth-order valence-electron chi connectivity index (χ4n) is 2.80. The Morgan fingerprint density at radius 1 is 1.15 bits per heavy atom. The van der Waals surface area contributed by atoms with E-state index in [0.29, 0.717) is 24.3 Å². The summed E-state index contributed by atoms with van der Waals surface area (Å²) in [6.45, 7) is 2.57. The van der Waals surface area contributed by atoms with Crippen molar-refractivity contribution in [1.29, 1.82) is 0 Å². The van der Waals surface area contributed by atoms with Gasteiger partial charge in [0.25, 0.3) is 5.91 Å². The Kier molecular flexibility index (Phi) is 6.75. The fourth-order valence-corrected chi connectivity index (χ4v) is 2.80. The lowest BCUT2D eigenvalue weighted by molar-refractivity contribution is 0.0858. The number of aromatic nitrogens is 3. The molecule has 1 saturated heterocycles. The van der Waals surface area contributed by atoms with Gasteiger partial charge in [0.15, 0.2) is 0 Å². The van der Waals surface area contributed by atoms with Crippen molar-refractivity contribution >= 4 is 17.6 Å². The van der Waals surface area contributed by atoms with E-state index in [0.717, 1.165) is 32.4 Å². The smallest absolute Gasteiger partial charge is 0.319 e. The summed E-state index contributed by atoms with van der Waals surface area (Å²) in [5, 5.41) is 15.8. The number of benzene rings is 1. The second-order valence-corrected chi connectivity index (χ2v) is 6.36. The number of carbonyl (C=O) groups excluding carboxylic acids is 2. The highest BCUT2D eigenvalue weighted by atomic mass is 16.5. The van der Waals surface area contributed by atoms with Gasteiger partial charge >= 0.3 is 6.03 Å². The Morgan fingerprint density at radius 3 is 2.63 bits per heavy atom. The van der Waals surface area contributed by atoms with Gasteiger partial charge in [-0.05, 0) is 43.5 Å². The third-order valence-electron chi connectivity index (χ3n) is 4.26. The van der Waals surface area contributed by atoms with E-state index in [4.69, 9.17) is 4.74 Å². The van der Waals surface area contributed by atoms with E-state index in [1.165, 1.54) is 0 Å². The van der Waals surface area contributed by atoms with Gasteiger partial charge in [-0.3, -0.25) is 4.79 Å². The highest BCUT2D eigenvalue weighted by molar-refractivity contribution is 5.95. The van der Waals surface area contributed by atoms with Crippen LogP contribution >= 0.6 is 0 Å². The molecule has 27 heavy (non-hydrogen) atoms. The molecule has 3 N–H and O–H groups in total. The Morgan fingerprint density at radius 2 is 1.93 bits per heavy atom. The Bertz CT molecular complexity index is 726. The van der Waals surface area contributed by atoms with Gasteiger partial charge in [-0.1, -0.05) is 0 Å². The van der Waals surface area contributed by atoms with Crippen LogP contribution in [0.1, 0.15) is 29.6 Å².